The molecule has 4 nitrogen and oxygen atoms in total. The van der Waals surface area contributed by atoms with Gasteiger partial charge in [0.25, 0.3) is 5.92 Å². The minimum Gasteiger partial charge on any atom is -0.295 e. The van der Waals surface area contributed by atoms with E-state index in [0.717, 1.165) is 11.1 Å². The van der Waals surface area contributed by atoms with Crippen molar-refractivity contribution >= 4 is 11.4 Å². The fourth-order valence-electron chi connectivity index (χ4n) is 2.87. The second-order valence-corrected chi connectivity index (χ2v) is 6.26. The normalized spacial score (nSPS) is 18.7. The van der Waals surface area contributed by atoms with E-state index in [2.05, 4.69) is 10.2 Å². The van der Waals surface area contributed by atoms with Gasteiger partial charge in [-0.25, -0.2) is 8.78 Å². The Bertz CT molecular complexity index is 931. The maximum atomic E-state index is 13.1. The molecule has 2 aromatic heterocycles. The summed E-state index contributed by atoms with van der Waals surface area (Å²) in [6, 6.07) is 11.1. The molecule has 6 heteroatoms. The van der Waals surface area contributed by atoms with E-state index in [-0.39, 0.29) is 18.6 Å². The van der Waals surface area contributed by atoms with Gasteiger partial charge in [-0.2, -0.15) is 0 Å². The summed E-state index contributed by atoms with van der Waals surface area (Å²) in [4.78, 5) is 11.3. The van der Waals surface area contributed by atoms with Crippen molar-refractivity contribution in [3.63, 3.8) is 0 Å². The molecule has 1 aliphatic carbocycles. The van der Waals surface area contributed by atoms with E-state index in [1.807, 2.05) is 24.3 Å². The van der Waals surface area contributed by atoms with Crippen LogP contribution in [0.25, 0.3) is 16.8 Å². The molecule has 1 unspecified atom stereocenters. The fourth-order valence-corrected chi connectivity index (χ4v) is 2.87. The van der Waals surface area contributed by atoms with E-state index in [4.69, 9.17) is 0 Å². The van der Waals surface area contributed by atoms with Gasteiger partial charge in [0.05, 0.1) is 0 Å². The van der Waals surface area contributed by atoms with Crippen LogP contribution in [0.1, 0.15) is 29.5 Å². The third kappa shape index (κ3) is 2.58. The lowest BCUT2D eigenvalue weighted by Gasteiger charge is -2.04. The van der Waals surface area contributed by atoms with Crippen LogP contribution in [0.15, 0.2) is 42.6 Å². The van der Waals surface area contributed by atoms with Crippen molar-refractivity contribution in [2.75, 3.05) is 0 Å². The average molecular weight is 327 g/mol. The largest absolute Gasteiger partial charge is 0.295 e. The van der Waals surface area contributed by atoms with Crippen LogP contribution in [0, 0.1) is 5.92 Å². The number of pyridine rings is 1. The van der Waals surface area contributed by atoms with Crippen LogP contribution in [0.2, 0.25) is 0 Å². The highest BCUT2D eigenvalue weighted by Gasteiger charge is 2.56. The molecule has 24 heavy (non-hydrogen) atoms. The number of carbonyl (C=O) groups excluding carboxylic acids is 1. The second-order valence-electron chi connectivity index (χ2n) is 6.26. The number of ketones is 1. The predicted molar refractivity (Wildman–Crippen MR) is 85.2 cm³/mol. The van der Waals surface area contributed by atoms with Crippen molar-refractivity contribution in [1.82, 2.24) is 14.6 Å². The van der Waals surface area contributed by atoms with Crippen LogP contribution >= 0.6 is 0 Å². The van der Waals surface area contributed by atoms with Crippen molar-refractivity contribution in [2.24, 2.45) is 5.92 Å². The molecule has 1 saturated carbocycles. The van der Waals surface area contributed by atoms with Crippen molar-refractivity contribution in [3.8, 4) is 11.1 Å². The van der Waals surface area contributed by atoms with Crippen LogP contribution < -0.4 is 0 Å². The van der Waals surface area contributed by atoms with Crippen molar-refractivity contribution < 1.29 is 13.6 Å². The van der Waals surface area contributed by atoms with E-state index in [9.17, 15) is 13.6 Å². The van der Waals surface area contributed by atoms with Crippen LogP contribution in [0.5, 0.6) is 0 Å². The summed E-state index contributed by atoms with van der Waals surface area (Å²) in [5.41, 5.74) is 3.19. The van der Waals surface area contributed by atoms with Gasteiger partial charge >= 0.3 is 0 Å². The van der Waals surface area contributed by atoms with Gasteiger partial charge in [-0.15, -0.1) is 10.2 Å². The van der Waals surface area contributed by atoms with Gasteiger partial charge in [-0.3, -0.25) is 9.20 Å². The molecule has 0 spiro atoms. The Morgan fingerprint density at radius 2 is 1.92 bits per heavy atom. The number of aromatic nitrogens is 3. The Morgan fingerprint density at radius 1 is 1.21 bits per heavy atom. The SMILES string of the molecule is CC(=O)c1ccc(-c2ccn3c(CC4CC4(F)F)nnc3c2)cc1. The van der Waals surface area contributed by atoms with Gasteiger partial charge < -0.3 is 0 Å². The van der Waals surface area contributed by atoms with Crippen molar-refractivity contribution in [2.45, 2.75) is 25.7 Å². The molecule has 3 aromatic rings. The van der Waals surface area contributed by atoms with Crippen molar-refractivity contribution in [3.05, 3.63) is 54.0 Å². The highest BCUT2D eigenvalue weighted by molar-refractivity contribution is 5.94. The summed E-state index contributed by atoms with van der Waals surface area (Å²) >= 11 is 0. The molecule has 1 aliphatic rings. The number of Topliss-reactive ketones (excluding diaryl/α,β-unsaturated/α-hetero) is 1. The van der Waals surface area contributed by atoms with Gasteiger partial charge in [0.2, 0.25) is 0 Å². The molecule has 0 saturated heterocycles. The molecular formula is C18H15F2N3O. The van der Waals surface area contributed by atoms with Gasteiger partial charge in [-0.1, -0.05) is 24.3 Å². The standard InChI is InChI=1S/C18H15F2N3O/c1-11(24)12-2-4-13(5-3-12)14-6-7-23-16(8-14)21-22-17(23)9-15-10-18(15,19)20/h2-8,15H,9-10H2,1H3. The predicted octanol–water partition coefficient (Wildman–Crippen LogP) is 3.80. The molecular weight excluding hydrogens is 312 g/mol. The Balaban J connectivity index is 1.63. The summed E-state index contributed by atoms with van der Waals surface area (Å²) < 4.78 is 27.9. The smallest absolute Gasteiger partial charge is 0.252 e. The van der Waals surface area contributed by atoms with E-state index in [0.29, 0.717) is 17.0 Å². The fraction of sp³-hybridized carbons (Fsp3) is 0.278. The summed E-state index contributed by atoms with van der Waals surface area (Å²) in [5.74, 6) is -2.59. The summed E-state index contributed by atoms with van der Waals surface area (Å²) in [6.45, 7) is 1.53. The van der Waals surface area contributed by atoms with Gasteiger partial charge in [0.1, 0.15) is 5.82 Å². The van der Waals surface area contributed by atoms with Crippen LogP contribution in [0.3, 0.4) is 0 Å². The quantitative estimate of drug-likeness (QED) is 0.685. The van der Waals surface area contributed by atoms with Crippen molar-refractivity contribution in [1.29, 1.82) is 0 Å². The highest BCUT2D eigenvalue weighted by atomic mass is 19.3. The maximum Gasteiger partial charge on any atom is 0.252 e. The summed E-state index contributed by atoms with van der Waals surface area (Å²) in [7, 11) is 0. The minimum atomic E-state index is -2.55. The first-order valence-electron chi connectivity index (χ1n) is 7.77. The first-order valence-corrected chi connectivity index (χ1v) is 7.77. The number of hydrogen-bond donors (Lipinski definition) is 0. The Hall–Kier alpha value is -2.63. The molecule has 0 radical (unpaired) electrons. The molecule has 0 N–H and O–H groups in total. The third-order valence-corrected chi connectivity index (χ3v) is 4.49. The monoisotopic (exact) mass is 327 g/mol. The molecule has 1 aromatic carbocycles. The zero-order valence-corrected chi connectivity index (χ0v) is 13.0. The van der Waals surface area contributed by atoms with Gasteiger partial charge in [-0.05, 0) is 30.2 Å². The molecule has 0 aliphatic heterocycles. The highest BCUT2D eigenvalue weighted by Crippen LogP contribution is 2.50. The summed E-state index contributed by atoms with van der Waals surface area (Å²) in [6.07, 6.45) is 1.97. The number of alkyl halides is 2. The molecule has 0 bridgehead atoms. The molecule has 1 atom stereocenters. The first-order chi connectivity index (χ1) is 11.4. The number of carbonyl (C=O) groups is 1. The Labute approximate surface area is 137 Å². The zero-order chi connectivity index (χ0) is 16.9. The minimum absolute atomic E-state index is 0.0241. The third-order valence-electron chi connectivity index (χ3n) is 4.49. The maximum absolute atomic E-state index is 13.1. The molecule has 2 heterocycles. The van der Waals surface area contributed by atoms with Crippen LogP contribution in [-0.4, -0.2) is 26.3 Å². The number of hydrogen-bond acceptors (Lipinski definition) is 3. The molecule has 1 fully saturated rings. The number of rotatable bonds is 4. The lowest BCUT2D eigenvalue weighted by atomic mass is 10.0. The number of halogens is 2. The second kappa shape index (κ2) is 5.19. The van der Waals surface area contributed by atoms with Gasteiger partial charge in [0.15, 0.2) is 11.4 Å². The molecule has 0 amide bonds. The van der Waals surface area contributed by atoms with Gasteiger partial charge in [0, 0.05) is 30.5 Å². The molecule has 122 valence electrons. The zero-order valence-electron chi connectivity index (χ0n) is 13.0. The van der Waals surface area contributed by atoms with E-state index in [1.54, 1.807) is 22.7 Å². The number of benzene rings is 1. The molecule has 4 rings (SSSR count). The van der Waals surface area contributed by atoms with Crippen LogP contribution in [0.4, 0.5) is 8.78 Å². The number of fused-ring (bicyclic) bond motifs is 1. The topological polar surface area (TPSA) is 47.3 Å². The Kier molecular flexibility index (Phi) is 3.23. The van der Waals surface area contributed by atoms with E-state index < -0.39 is 11.8 Å². The lowest BCUT2D eigenvalue weighted by Crippen LogP contribution is -2.01. The lowest BCUT2D eigenvalue weighted by molar-refractivity contribution is 0.0982. The first kappa shape index (κ1) is 14.9. The van der Waals surface area contributed by atoms with E-state index >= 15 is 0 Å². The number of nitrogens with zero attached hydrogens (tertiary/aromatic N) is 3. The Morgan fingerprint density at radius 3 is 2.54 bits per heavy atom. The summed E-state index contributed by atoms with van der Waals surface area (Å²) in [5, 5.41) is 8.14. The average Bonchev–Trinajstić information content (AvgIpc) is 2.98. The van der Waals surface area contributed by atoms with Crippen LogP contribution in [-0.2, 0) is 6.42 Å². The van der Waals surface area contributed by atoms with E-state index in [1.165, 1.54) is 6.92 Å².